The van der Waals surface area contributed by atoms with Crippen molar-refractivity contribution in [3.8, 4) is 0 Å². The van der Waals surface area contributed by atoms with Crippen molar-refractivity contribution < 1.29 is 34.1 Å². The van der Waals surface area contributed by atoms with E-state index in [1.165, 1.54) is 4.90 Å². The Labute approximate surface area is 182 Å². The fraction of sp³-hybridized carbons (Fsp3) is 0.682. The van der Waals surface area contributed by atoms with Crippen molar-refractivity contribution in [2.24, 2.45) is 5.92 Å². The fourth-order valence-corrected chi connectivity index (χ4v) is 4.72. The number of ether oxygens (including phenoxy) is 3. The number of aliphatic hydroxyl groups is 1. The van der Waals surface area contributed by atoms with Crippen LogP contribution in [0.3, 0.4) is 0 Å². The Morgan fingerprint density at radius 3 is 2.68 bits per heavy atom. The second kappa shape index (κ2) is 10.7. The summed E-state index contributed by atoms with van der Waals surface area (Å²) < 4.78 is 16.6. The zero-order valence-corrected chi connectivity index (χ0v) is 17.6. The molecule has 3 saturated heterocycles. The Balaban J connectivity index is 1.47. The molecule has 0 bridgehead atoms. The molecule has 0 aliphatic carbocycles. The van der Waals surface area contributed by atoms with E-state index in [0.29, 0.717) is 26.2 Å². The molecule has 3 N–H and O–H groups in total. The zero-order chi connectivity index (χ0) is 21.6. The molecule has 31 heavy (non-hydrogen) atoms. The first-order valence-corrected chi connectivity index (χ1v) is 11.1. The SMILES string of the molecule is O=C(O)N([C@H]1CO[C@H]2OCC[C@H]21)[C@@H](Cc1ccccc1)[C@H](O)CNOC1CCOCC1. The quantitative estimate of drug-likeness (QED) is 0.499. The van der Waals surface area contributed by atoms with Gasteiger partial charge in [0.2, 0.25) is 0 Å². The van der Waals surface area contributed by atoms with Gasteiger partial charge in [0, 0.05) is 25.7 Å². The molecule has 9 nitrogen and oxygen atoms in total. The molecule has 0 unspecified atom stereocenters. The molecule has 3 heterocycles. The molecule has 9 heteroatoms. The molecule has 3 aliphatic heterocycles. The van der Waals surface area contributed by atoms with Gasteiger partial charge >= 0.3 is 6.09 Å². The molecule has 172 valence electrons. The number of hydrogen-bond donors (Lipinski definition) is 3. The summed E-state index contributed by atoms with van der Waals surface area (Å²) in [5.74, 6) is -0.0204. The molecular formula is C22H32N2O7. The standard InChI is InChI=1S/C22H32N2O7/c25-20(13-23-31-16-6-9-28-10-7-16)18(12-15-4-2-1-3-5-15)24(22(26)27)19-14-30-21-17(19)8-11-29-21/h1-5,16-21,23,25H,6-14H2,(H,26,27)/t17-,18-,19-,20+,21+/m0/s1. The third-order valence-electron chi connectivity index (χ3n) is 6.39. The van der Waals surface area contributed by atoms with Gasteiger partial charge in [-0.2, -0.15) is 5.48 Å². The van der Waals surface area contributed by atoms with Crippen LogP contribution in [0.1, 0.15) is 24.8 Å². The van der Waals surface area contributed by atoms with E-state index in [-0.39, 0.29) is 37.5 Å². The largest absolute Gasteiger partial charge is 0.465 e. The van der Waals surface area contributed by atoms with Gasteiger partial charge in [-0.15, -0.1) is 0 Å². The van der Waals surface area contributed by atoms with Crippen LogP contribution in [0.2, 0.25) is 0 Å². The Bertz CT molecular complexity index is 700. The van der Waals surface area contributed by atoms with Gasteiger partial charge in [-0.25, -0.2) is 4.79 Å². The summed E-state index contributed by atoms with van der Waals surface area (Å²) in [6.45, 7) is 2.27. The highest BCUT2D eigenvalue weighted by Crippen LogP contribution is 2.36. The molecule has 0 spiro atoms. The number of hydroxylamine groups is 1. The van der Waals surface area contributed by atoms with E-state index in [0.717, 1.165) is 24.8 Å². The number of fused-ring (bicyclic) bond motifs is 1. The van der Waals surface area contributed by atoms with Crippen LogP contribution in [0.15, 0.2) is 30.3 Å². The number of amides is 1. The lowest BCUT2D eigenvalue weighted by Crippen LogP contribution is -2.57. The smallest absolute Gasteiger partial charge is 0.407 e. The molecule has 1 aromatic carbocycles. The maximum atomic E-state index is 12.4. The fourth-order valence-electron chi connectivity index (χ4n) is 4.72. The minimum atomic E-state index is -1.06. The third-order valence-corrected chi connectivity index (χ3v) is 6.39. The number of carbonyl (C=O) groups is 1. The highest BCUT2D eigenvalue weighted by molar-refractivity contribution is 5.66. The Hall–Kier alpha value is -1.75. The van der Waals surface area contributed by atoms with E-state index >= 15 is 0 Å². The number of aliphatic hydroxyl groups excluding tert-OH is 1. The number of rotatable bonds is 9. The first-order valence-electron chi connectivity index (χ1n) is 11.1. The third kappa shape index (κ3) is 5.54. The second-order valence-corrected chi connectivity index (χ2v) is 8.38. The van der Waals surface area contributed by atoms with Crippen molar-refractivity contribution in [1.82, 2.24) is 10.4 Å². The van der Waals surface area contributed by atoms with Crippen molar-refractivity contribution in [3.63, 3.8) is 0 Å². The van der Waals surface area contributed by atoms with Gasteiger partial charge in [0.15, 0.2) is 6.29 Å². The van der Waals surface area contributed by atoms with Crippen LogP contribution in [0, 0.1) is 5.92 Å². The second-order valence-electron chi connectivity index (χ2n) is 8.38. The summed E-state index contributed by atoms with van der Waals surface area (Å²) >= 11 is 0. The van der Waals surface area contributed by atoms with Crippen molar-refractivity contribution in [2.75, 3.05) is 33.0 Å². The average molecular weight is 437 g/mol. The summed E-state index contributed by atoms with van der Waals surface area (Å²) in [7, 11) is 0. The van der Waals surface area contributed by atoms with Crippen LogP contribution in [-0.2, 0) is 25.5 Å². The maximum Gasteiger partial charge on any atom is 0.407 e. The minimum Gasteiger partial charge on any atom is -0.465 e. The number of carboxylic acid groups (broad SMARTS) is 1. The summed E-state index contributed by atoms with van der Waals surface area (Å²) in [5, 5.41) is 21.2. The van der Waals surface area contributed by atoms with Crippen LogP contribution >= 0.6 is 0 Å². The van der Waals surface area contributed by atoms with E-state index in [4.69, 9.17) is 19.0 Å². The van der Waals surface area contributed by atoms with E-state index in [1.54, 1.807) is 0 Å². The Kier molecular flexibility index (Phi) is 7.76. The lowest BCUT2D eigenvalue weighted by Gasteiger charge is -2.38. The predicted molar refractivity (Wildman–Crippen MR) is 110 cm³/mol. The topological polar surface area (TPSA) is 110 Å². The van der Waals surface area contributed by atoms with Gasteiger partial charge in [-0.3, -0.25) is 9.74 Å². The Morgan fingerprint density at radius 1 is 1.16 bits per heavy atom. The highest BCUT2D eigenvalue weighted by Gasteiger charge is 2.48. The van der Waals surface area contributed by atoms with Crippen LogP contribution in [0.5, 0.6) is 0 Å². The molecule has 0 radical (unpaired) electrons. The summed E-state index contributed by atoms with van der Waals surface area (Å²) in [6.07, 6.45) is 0.366. The van der Waals surface area contributed by atoms with E-state index in [1.807, 2.05) is 30.3 Å². The van der Waals surface area contributed by atoms with Gasteiger partial charge in [0.25, 0.3) is 0 Å². The van der Waals surface area contributed by atoms with Gasteiger partial charge in [-0.05, 0) is 31.2 Å². The summed E-state index contributed by atoms with van der Waals surface area (Å²) in [4.78, 5) is 19.5. The molecule has 3 fully saturated rings. The lowest BCUT2D eigenvalue weighted by molar-refractivity contribution is -0.0923. The van der Waals surface area contributed by atoms with Gasteiger partial charge in [-0.1, -0.05) is 30.3 Å². The van der Waals surface area contributed by atoms with E-state index in [2.05, 4.69) is 5.48 Å². The first kappa shape index (κ1) is 22.4. The van der Waals surface area contributed by atoms with E-state index in [9.17, 15) is 15.0 Å². The van der Waals surface area contributed by atoms with Crippen LogP contribution in [-0.4, -0.2) is 84.8 Å². The summed E-state index contributed by atoms with van der Waals surface area (Å²) in [6, 6.07) is 8.62. The van der Waals surface area contributed by atoms with Gasteiger partial charge in [0.05, 0.1) is 37.5 Å². The minimum absolute atomic E-state index is 0.0204. The van der Waals surface area contributed by atoms with Crippen molar-refractivity contribution in [1.29, 1.82) is 0 Å². The van der Waals surface area contributed by atoms with Crippen molar-refractivity contribution in [3.05, 3.63) is 35.9 Å². The normalized spacial score (nSPS) is 28.2. The van der Waals surface area contributed by atoms with Crippen molar-refractivity contribution in [2.45, 2.75) is 56.3 Å². The number of nitrogens with one attached hydrogen (secondary N) is 1. The number of hydrogen-bond acceptors (Lipinski definition) is 7. The average Bonchev–Trinajstić information content (AvgIpc) is 3.39. The summed E-state index contributed by atoms with van der Waals surface area (Å²) in [5.41, 5.74) is 3.83. The Morgan fingerprint density at radius 2 is 1.94 bits per heavy atom. The molecule has 5 atom stereocenters. The van der Waals surface area contributed by atoms with Crippen LogP contribution < -0.4 is 5.48 Å². The molecule has 1 amide bonds. The monoisotopic (exact) mass is 436 g/mol. The number of nitrogens with zero attached hydrogens (tertiary/aromatic N) is 1. The molecular weight excluding hydrogens is 404 g/mol. The van der Waals surface area contributed by atoms with Crippen LogP contribution in [0.4, 0.5) is 4.79 Å². The van der Waals surface area contributed by atoms with Gasteiger partial charge < -0.3 is 24.4 Å². The predicted octanol–water partition coefficient (Wildman–Crippen LogP) is 1.40. The van der Waals surface area contributed by atoms with Gasteiger partial charge in [0.1, 0.15) is 0 Å². The molecule has 0 saturated carbocycles. The van der Waals surface area contributed by atoms with Crippen LogP contribution in [0.25, 0.3) is 0 Å². The lowest BCUT2D eigenvalue weighted by atomic mass is 9.93. The highest BCUT2D eigenvalue weighted by atomic mass is 16.7. The van der Waals surface area contributed by atoms with Crippen molar-refractivity contribution >= 4 is 6.09 Å². The molecule has 0 aromatic heterocycles. The molecule has 3 aliphatic rings. The first-order chi connectivity index (χ1) is 15.1. The number of benzene rings is 1. The maximum absolute atomic E-state index is 12.4. The molecule has 1 aromatic rings. The van der Waals surface area contributed by atoms with E-state index < -0.39 is 18.2 Å². The molecule has 4 rings (SSSR count). The zero-order valence-electron chi connectivity index (χ0n) is 17.6.